The number of aliphatic hydroxyl groups excluding tert-OH is 9. The second-order valence-electron chi connectivity index (χ2n) is 12.0. The lowest BCUT2D eigenvalue weighted by Gasteiger charge is -2.49. The van der Waals surface area contributed by atoms with Gasteiger partial charge in [0.05, 0.1) is 25.4 Å². The molecule has 0 aromatic carbocycles. The molecule has 0 bridgehead atoms. The van der Waals surface area contributed by atoms with E-state index in [9.17, 15) is 45.6 Å². The molecule has 19 nitrogen and oxygen atoms in total. The van der Waals surface area contributed by atoms with Gasteiger partial charge in [-0.1, -0.05) is 0 Å². The third-order valence-corrected chi connectivity index (χ3v) is 8.58. The van der Waals surface area contributed by atoms with Crippen LogP contribution < -0.4 is 28.3 Å². The minimum absolute atomic E-state index is 0.0140. The van der Waals surface area contributed by atoms with E-state index in [2.05, 4.69) is 5.32 Å². The summed E-state index contributed by atoms with van der Waals surface area (Å²) < 4.78 is 23.1. The van der Waals surface area contributed by atoms with Gasteiger partial charge in [-0.15, -0.1) is 0 Å². The minimum atomic E-state index is -1.78. The molecule has 19 heteroatoms. The van der Waals surface area contributed by atoms with Crippen molar-refractivity contribution in [1.82, 2.24) is 5.32 Å². The molecular formula is C26H51N5O14. The zero-order chi connectivity index (χ0) is 33.6. The first-order valence-corrected chi connectivity index (χ1v) is 15.1. The fourth-order valence-corrected chi connectivity index (χ4v) is 5.83. The number of aliphatic hydroxyl groups is 9. The van der Waals surface area contributed by atoms with E-state index < -0.39 is 116 Å². The Kier molecular flexibility index (Phi) is 14.8. The fourth-order valence-electron chi connectivity index (χ4n) is 5.83. The number of hydrogen-bond acceptors (Lipinski definition) is 19. The van der Waals surface area contributed by atoms with Gasteiger partial charge in [0.25, 0.3) is 0 Å². The number of Topliss-reactive ketones (excluding diaryl/α,β-unsaturated/α-hetero) is 1. The summed E-state index contributed by atoms with van der Waals surface area (Å²) >= 11 is 0. The fraction of sp³-hybridized carbons (Fsp3) is 0.962. The van der Waals surface area contributed by atoms with E-state index in [0.717, 1.165) is 0 Å². The Morgan fingerprint density at radius 3 is 2.11 bits per heavy atom. The number of nitrogens with two attached hydrogens (primary N) is 4. The van der Waals surface area contributed by atoms with E-state index in [1.807, 2.05) is 0 Å². The molecule has 17 atom stereocenters. The third kappa shape index (κ3) is 9.31. The zero-order valence-electron chi connectivity index (χ0n) is 24.8. The average Bonchev–Trinajstić information content (AvgIpc) is 3.01. The first-order valence-electron chi connectivity index (χ1n) is 15.1. The topological polar surface area (TPSA) is 352 Å². The highest BCUT2D eigenvalue weighted by Crippen LogP contribution is 2.36. The molecule has 3 fully saturated rings. The van der Waals surface area contributed by atoms with Crippen LogP contribution in [0, 0.1) is 5.92 Å². The van der Waals surface area contributed by atoms with Gasteiger partial charge in [-0.25, -0.2) is 0 Å². The lowest BCUT2D eigenvalue weighted by Crippen LogP contribution is -2.67. The smallest absolute Gasteiger partial charge is 0.187 e. The molecule has 45 heavy (non-hydrogen) atoms. The van der Waals surface area contributed by atoms with Gasteiger partial charge in [-0.2, -0.15) is 0 Å². The predicted molar refractivity (Wildman–Crippen MR) is 151 cm³/mol. The Labute approximate surface area is 260 Å². The molecule has 2 aliphatic heterocycles. The van der Waals surface area contributed by atoms with Crippen LogP contribution >= 0.6 is 0 Å². The van der Waals surface area contributed by atoms with Crippen LogP contribution in [0.2, 0.25) is 0 Å². The van der Waals surface area contributed by atoms with E-state index in [1.165, 1.54) is 0 Å². The maximum atomic E-state index is 12.8. The van der Waals surface area contributed by atoms with Crippen molar-refractivity contribution >= 4 is 5.78 Å². The van der Waals surface area contributed by atoms with Crippen LogP contribution in [-0.2, 0) is 23.7 Å². The van der Waals surface area contributed by atoms with Crippen LogP contribution in [0.5, 0.6) is 0 Å². The predicted octanol–water partition coefficient (Wildman–Crippen LogP) is -8.38. The molecule has 0 amide bonds. The Balaban J connectivity index is 1.82. The van der Waals surface area contributed by atoms with Crippen molar-refractivity contribution in [3.8, 4) is 0 Å². The number of carbonyl (C=O) groups excluding carboxylic acids is 1. The molecule has 2 saturated heterocycles. The molecule has 1 saturated carbocycles. The zero-order valence-corrected chi connectivity index (χ0v) is 24.8. The number of hydrogen-bond donors (Lipinski definition) is 14. The molecule has 2 unspecified atom stereocenters. The maximum absolute atomic E-state index is 12.8. The Morgan fingerprint density at radius 2 is 1.49 bits per heavy atom. The molecular weight excluding hydrogens is 606 g/mol. The molecule has 0 aromatic rings. The second kappa shape index (κ2) is 17.4. The van der Waals surface area contributed by atoms with Crippen molar-refractivity contribution in [2.24, 2.45) is 28.9 Å². The highest BCUT2D eigenvalue weighted by atomic mass is 16.7. The number of ketones is 1. The SMILES string of the molecule is NCC[C@H](O)C(=O)C[C@@H]1C[C@H](N)C(O[C@H]2O[C@H](CNCC(N)CO)[C@@H](O)[C@H](O)[C@H]2O)[C@H](O)[C@H]1O[C@H]1O[C@H](CO)[C@@H](O)[C@H](N)[C@H]1O. The van der Waals surface area contributed by atoms with Gasteiger partial charge in [0.2, 0.25) is 0 Å². The van der Waals surface area contributed by atoms with E-state index in [-0.39, 0.29) is 45.5 Å². The standard InChI is InChI=1S/C26H51N5O14/c27-2-1-12(34)13(35)4-9-3-11(29)24(22(41)23(9)44-25-19(38)16(30)17(36)15(8-33)43-25)45-26-21(40)20(39)18(37)14(42-26)6-31-5-10(28)7-32/h9-12,14-26,31-34,36-41H,1-8,27-30H2/t9-,10?,11-,12-,14+,15+,16-,17+,18+,19+,20-,21+,22+,23-,24?,25+,26+/m0/s1. The summed E-state index contributed by atoms with van der Waals surface area (Å²) in [4.78, 5) is 12.8. The normalized spacial score (nSPS) is 44.0. The Hall–Kier alpha value is -1.05. The Bertz CT molecular complexity index is 912. The number of rotatable bonds is 15. The second-order valence-corrected chi connectivity index (χ2v) is 12.0. The van der Waals surface area contributed by atoms with E-state index in [0.29, 0.717) is 0 Å². The van der Waals surface area contributed by atoms with Gasteiger partial charge in [-0.05, 0) is 25.3 Å². The van der Waals surface area contributed by atoms with Gasteiger partial charge >= 0.3 is 0 Å². The van der Waals surface area contributed by atoms with Crippen LogP contribution in [0.3, 0.4) is 0 Å². The summed E-state index contributed by atoms with van der Waals surface area (Å²) in [5, 5.41) is 95.8. The summed E-state index contributed by atoms with van der Waals surface area (Å²) in [5.41, 5.74) is 23.4. The summed E-state index contributed by atoms with van der Waals surface area (Å²) in [5.74, 6) is -1.48. The molecule has 0 aromatic heterocycles. The van der Waals surface area contributed by atoms with Crippen molar-refractivity contribution in [2.45, 2.75) is 117 Å². The van der Waals surface area contributed by atoms with Crippen LogP contribution in [0.1, 0.15) is 19.3 Å². The number of nitrogens with one attached hydrogen (secondary N) is 1. The van der Waals surface area contributed by atoms with Crippen LogP contribution in [0.25, 0.3) is 0 Å². The molecule has 0 radical (unpaired) electrons. The first kappa shape index (κ1) is 38.4. The van der Waals surface area contributed by atoms with E-state index in [4.69, 9.17) is 47.0 Å². The van der Waals surface area contributed by atoms with Crippen LogP contribution in [0.4, 0.5) is 0 Å². The summed E-state index contributed by atoms with van der Waals surface area (Å²) in [6.07, 6.45) is -19.9. The summed E-state index contributed by atoms with van der Waals surface area (Å²) in [6.45, 7) is -0.857. The molecule has 264 valence electrons. The quantitative estimate of drug-likeness (QED) is 0.0777. The van der Waals surface area contributed by atoms with Crippen molar-refractivity contribution in [2.75, 3.05) is 32.8 Å². The third-order valence-electron chi connectivity index (χ3n) is 8.58. The van der Waals surface area contributed by atoms with Crippen molar-refractivity contribution in [1.29, 1.82) is 0 Å². The van der Waals surface area contributed by atoms with E-state index in [1.54, 1.807) is 0 Å². The lowest BCUT2D eigenvalue weighted by molar-refractivity contribution is -0.335. The minimum Gasteiger partial charge on any atom is -0.395 e. The molecule has 0 spiro atoms. The maximum Gasteiger partial charge on any atom is 0.187 e. The molecule has 3 rings (SSSR count). The van der Waals surface area contributed by atoms with Gasteiger partial charge in [0.15, 0.2) is 18.4 Å². The highest BCUT2D eigenvalue weighted by Gasteiger charge is 2.52. The summed E-state index contributed by atoms with van der Waals surface area (Å²) in [6, 6.07) is -2.93. The number of carbonyl (C=O) groups is 1. The largest absolute Gasteiger partial charge is 0.395 e. The van der Waals surface area contributed by atoms with Crippen LogP contribution in [0.15, 0.2) is 0 Å². The molecule has 3 aliphatic rings. The monoisotopic (exact) mass is 657 g/mol. The average molecular weight is 658 g/mol. The van der Waals surface area contributed by atoms with E-state index >= 15 is 0 Å². The van der Waals surface area contributed by atoms with Gasteiger partial charge in [0.1, 0.15) is 61.0 Å². The molecule has 2 heterocycles. The van der Waals surface area contributed by atoms with Gasteiger partial charge in [0, 0.05) is 31.6 Å². The number of ether oxygens (including phenoxy) is 4. The molecule has 1 aliphatic carbocycles. The summed E-state index contributed by atoms with van der Waals surface area (Å²) in [7, 11) is 0. The lowest BCUT2D eigenvalue weighted by atomic mass is 9.76. The first-order chi connectivity index (χ1) is 21.2. The van der Waals surface area contributed by atoms with Crippen molar-refractivity contribution in [3.63, 3.8) is 0 Å². The van der Waals surface area contributed by atoms with Gasteiger partial charge in [-0.3, -0.25) is 4.79 Å². The van der Waals surface area contributed by atoms with Crippen molar-refractivity contribution < 1.29 is 69.7 Å². The highest BCUT2D eigenvalue weighted by molar-refractivity contribution is 5.83. The van der Waals surface area contributed by atoms with Gasteiger partial charge < -0.3 is 93.2 Å². The van der Waals surface area contributed by atoms with Crippen molar-refractivity contribution in [3.05, 3.63) is 0 Å². The van der Waals surface area contributed by atoms with Crippen LogP contribution in [-0.4, -0.2) is 182 Å². The Morgan fingerprint density at radius 1 is 0.867 bits per heavy atom. The molecule has 18 N–H and O–H groups in total.